The molecular weight excluding hydrogens is 527 g/mol. The van der Waals surface area contributed by atoms with Gasteiger partial charge in [-0.3, -0.25) is 19.8 Å². The van der Waals surface area contributed by atoms with Crippen molar-refractivity contribution in [1.82, 2.24) is 34.9 Å². The molecule has 0 saturated carbocycles. The van der Waals surface area contributed by atoms with E-state index in [1.165, 1.54) is 0 Å². The number of imidazole rings is 1. The Morgan fingerprint density at radius 3 is 2.84 bits per heavy atom. The van der Waals surface area contributed by atoms with Gasteiger partial charge < -0.3 is 14.6 Å². The van der Waals surface area contributed by atoms with Crippen LogP contribution in [0.15, 0.2) is 30.6 Å². The Labute approximate surface area is 228 Å². The van der Waals surface area contributed by atoms with Crippen molar-refractivity contribution in [3.05, 3.63) is 57.6 Å². The second-order valence-electron chi connectivity index (χ2n) is 9.67. The maximum absolute atomic E-state index is 12.8. The minimum atomic E-state index is -0.395. The van der Waals surface area contributed by atoms with E-state index in [1.54, 1.807) is 17.3 Å². The average molecular weight is 551 g/mol. The normalized spacial score (nSPS) is 18.1. The first-order valence-electron chi connectivity index (χ1n) is 12.3. The van der Waals surface area contributed by atoms with E-state index >= 15 is 0 Å². The van der Waals surface area contributed by atoms with Crippen LogP contribution in [0.1, 0.15) is 36.4 Å². The predicted molar refractivity (Wildman–Crippen MR) is 141 cm³/mol. The molecule has 0 radical (unpaired) electrons. The van der Waals surface area contributed by atoms with Gasteiger partial charge in [-0.1, -0.05) is 23.2 Å². The van der Waals surface area contributed by atoms with Gasteiger partial charge in [0.2, 0.25) is 5.91 Å². The summed E-state index contributed by atoms with van der Waals surface area (Å²) in [5, 5.41) is 18.4. The number of ether oxygens (including phenoxy) is 1. The summed E-state index contributed by atoms with van der Waals surface area (Å²) in [6.45, 7) is 4.56. The van der Waals surface area contributed by atoms with E-state index in [0.717, 1.165) is 35.3 Å². The van der Waals surface area contributed by atoms with Gasteiger partial charge in [-0.15, -0.1) is 0 Å². The molecule has 1 fully saturated rings. The average Bonchev–Trinajstić information content (AvgIpc) is 3.66. The van der Waals surface area contributed by atoms with Crippen LogP contribution in [0.25, 0.3) is 22.4 Å². The summed E-state index contributed by atoms with van der Waals surface area (Å²) in [5.74, 6) is 1.33. The molecule has 6 rings (SSSR count). The number of nitrogens with one attached hydrogen (secondary N) is 2. The highest BCUT2D eigenvalue weighted by Gasteiger charge is 2.31. The molecule has 0 spiro atoms. The van der Waals surface area contributed by atoms with E-state index in [-0.39, 0.29) is 11.8 Å². The van der Waals surface area contributed by atoms with Crippen LogP contribution in [-0.4, -0.2) is 60.5 Å². The van der Waals surface area contributed by atoms with Gasteiger partial charge in [-0.05, 0) is 31.5 Å². The SMILES string of the molecule is CC(Oc1ccc2[nH]nc(-c3nc4c([nH]3)CN(C(=O)CN3CCC(C#N)C3)C4)c2c1)c1c(Cl)cncc1Cl. The number of carbonyl (C=O) groups is 1. The fourth-order valence-electron chi connectivity index (χ4n) is 5.12. The number of halogens is 2. The molecule has 2 N–H and O–H groups in total. The lowest BCUT2D eigenvalue weighted by atomic mass is 10.1. The fourth-order valence-corrected chi connectivity index (χ4v) is 5.79. The minimum Gasteiger partial charge on any atom is -0.486 e. The number of amides is 1. The number of aromatic amines is 2. The predicted octanol–water partition coefficient (Wildman–Crippen LogP) is 4.48. The van der Waals surface area contributed by atoms with Crippen LogP contribution in [0.3, 0.4) is 0 Å². The largest absolute Gasteiger partial charge is 0.486 e. The van der Waals surface area contributed by atoms with Gasteiger partial charge in [0.25, 0.3) is 0 Å². The van der Waals surface area contributed by atoms with E-state index in [4.69, 9.17) is 38.2 Å². The van der Waals surface area contributed by atoms with E-state index < -0.39 is 6.10 Å². The molecule has 0 aliphatic carbocycles. The number of hydrogen-bond acceptors (Lipinski definition) is 7. The Bertz CT molecular complexity index is 1530. The number of likely N-dealkylation sites (tertiary alicyclic amines) is 1. The summed E-state index contributed by atoms with van der Waals surface area (Å²) >= 11 is 12.6. The third kappa shape index (κ3) is 4.58. The molecule has 2 atom stereocenters. The number of carbonyl (C=O) groups excluding carboxylic acids is 1. The van der Waals surface area contributed by atoms with Crippen LogP contribution in [0.4, 0.5) is 0 Å². The van der Waals surface area contributed by atoms with Crippen LogP contribution in [0.5, 0.6) is 5.75 Å². The van der Waals surface area contributed by atoms with Gasteiger partial charge >= 0.3 is 0 Å². The van der Waals surface area contributed by atoms with Crippen LogP contribution >= 0.6 is 23.2 Å². The van der Waals surface area contributed by atoms with Crippen molar-refractivity contribution in [3.63, 3.8) is 0 Å². The van der Waals surface area contributed by atoms with Crippen molar-refractivity contribution in [2.45, 2.75) is 32.5 Å². The lowest BCUT2D eigenvalue weighted by molar-refractivity contribution is -0.132. The highest BCUT2D eigenvalue weighted by Crippen LogP contribution is 2.35. The van der Waals surface area contributed by atoms with Gasteiger partial charge in [0.15, 0.2) is 5.82 Å². The number of nitriles is 1. The van der Waals surface area contributed by atoms with E-state index in [2.05, 4.69) is 31.1 Å². The van der Waals surface area contributed by atoms with Crippen LogP contribution in [0, 0.1) is 17.2 Å². The molecule has 1 aromatic carbocycles. The molecule has 3 aromatic heterocycles. The summed E-state index contributed by atoms with van der Waals surface area (Å²) in [7, 11) is 0. The van der Waals surface area contributed by atoms with Crippen LogP contribution in [-0.2, 0) is 17.9 Å². The van der Waals surface area contributed by atoms with Crippen molar-refractivity contribution in [1.29, 1.82) is 5.26 Å². The molecule has 4 aromatic rings. The molecule has 5 heterocycles. The van der Waals surface area contributed by atoms with Crippen LogP contribution < -0.4 is 4.74 Å². The second kappa shape index (κ2) is 9.91. The summed E-state index contributed by atoms with van der Waals surface area (Å²) < 4.78 is 6.17. The van der Waals surface area contributed by atoms with Gasteiger partial charge in [0.1, 0.15) is 17.5 Å². The molecule has 2 unspecified atom stereocenters. The first-order valence-corrected chi connectivity index (χ1v) is 13.1. The standard InChI is InChI=1S/C26H24Cl2N8O2/c1-14(24-18(27)8-30-9-19(24)28)38-16-2-3-20-17(6-16)25(34-33-20)26-31-21-11-36(12-22(21)32-26)23(37)13-35-5-4-15(7-29)10-35/h2-3,6,8-9,14-15H,4-5,10-13H2,1H3,(H,31,32)(H,33,34). The van der Waals surface area contributed by atoms with Crippen molar-refractivity contribution >= 4 is 40.0 Å². The zero-order chi connectivity index (χ0) is 26.4. The van der Waals surface area contributed by atoms with Gasteiger partial charge in [0.05, 0.1) is 58.6 Å². The van der Waals surface area contributed by atoms with Gasteiger partial charge in [-0.2, -0.15) is 10.4 Å². The summed E-state index contributed by atoms with van der Waals surface area (Å²) in [6, 6.07) is 7.95. The molecule has 10 nitrogen and oxygen atoms in total. The van der Waals surface area contributed by atoms with Crippen LogP contribution in [0.2, 0.25) is 10.0 Å². The number of hydrogen-bond donors (Lipinski definition) is 2. The highest BCUT2D eigenvalue weighted by atomic mass is 35.5. The summed E-state index contributed by atoms with van der Waals surface area (Å²) in [4.78, 5) is 28.8. The second-order valence-corrected chi connectivity index (χ2v) is 10.5. The molecular formula is C26H24Cl2N8O2. The number of rotatable bonds is 6. The number of pyridine rings is 1. The zero-order valence-electron chi connectivity index (χ0n) is 20.5. The Morgan fingerprint density at radius 2 is 2.11 bits per heavy atom. The maximum Gasteiger partial charge on any atom is 0.237 e. The molecule has 2 aliphatic heterocycles. The maximum atomic E-state index is 12.8. The summed E-state index contributed by atoms with van der Waals surface area (Å²) in [6.07, 6.45) is 3.51. The number of aromatic nitrogens is 5. The smallest absolute Gasteiger partial charge is 0.237 e. The van der Waals surface area contributed by atoms with Crippen molar-refractivity contribution in [2.24, 2.45) is 5.92 Å². The number of nitrogens with zero attached hydrogens (tertiary/aromatic N) is 6. The minimum absolute atomic E-state index is 0.0161. The Morgan fingerprint density at radius 1 is 1.29 bits per heavy atom. The van der Waals surface area contributed by atoms with E-state index in [9.17, 15) is 4.79 Å². The van der Waals surface area contributed by atoms with Crippen molar-refractivity contribution in [2.75, 3.05) is 19.6 Å². The molecule has 12 heteroatoms. The number of H-pyrrole nitrogens is 2. The summed E-state index contributed by atoms with van der Waals surface area (Å²) in [5.41, 5.74) is 3.93. The Balaban J connectivity index is 1.17. The van der Waals surface area contributed by atoms with Crippen molar-refractivity contribution < 1.29 is 9.53 Å². The third-order valence-corrected chi connectivity index (χ3v) is 7.69. The van der Waals surface area contributed by atoms with Crippen molar-refractivity contribution in [3.8, 4) is 23.3 Å². The lowest BCUT2D eigenvalue weighted by Crippen LogP contribution is -2.37. The molecule has 2 aliphatic rings. The molecule has 0 bridgehead atoms. The highest BCUT2D eigenvalue weighted by molar-refractivity contribution is 6.35. The number of benzene rings is 1. The van der Waals surface area contributed by atoms with Gasteiger partial charge in [0, 0.05) is 36.4 Å². The zero-order valence-corrected chi connectivity index (χ0v) is 22.1. The topological polar surface area (TPSA) is 127 Å². The van der Waals surface area contributed by atoms with Gasteiger partial charge in [-0.25, -0.2) is 4.98 Å². The molecule has 38 heavy (non-hydrogen) atoms. The van der Waals surface area contributed by atoms with E-state index in [1.807, 2.05) is 25.1 Å². The first kappa shape index (κ1) is 24.7. The first-order chi connectivity index (χ1) is 18.4. The molecule has 1 amide bonds. The monoisotopic (exact) mass is 550 g/mol. The number of fused-ring (bicyclic) bond motifs is 2. The fraction of sp³-hybridized carbons (Fsp3) is 0.346. The molecule has 1 saturated heterocycles. The lowest BCUT2D eigenvalue weighted by Gasteiger charge is -2.20. The third-order valence-electron chi connectivity index (χ3n) is 7.09. The van der Waals surface area contributed by atoms with E-state index in [0.29, 0.717) is 59.1 Å². The Hall–Kier alpha value is -3.65. The Kier molecular flexibility index (Phi) is 6.43. The quantitative estimate of drug-likeness (QED) is 0.362. The molecule has 194 valence electrons.